The Balaban J connectivity index is 3.47. The molecule has 0 rings (SSSR count). The van der Waals surface area contributed by atoms with Gasteiger partial charge in [0.25, 0.3) is 0 Å². The zero-order chi connectivity index (χ0) is 11.8. The van der Waals surface area contributed by atoms with Crippen LogP contribution in [-0.4, -0.2) is 49.9 Å². The Bertz CT molecular complexity index is 178. The molecule has 0 heterocycles. The summed E-state index contributed by atoms with van der Waals surface area (Å²) in [6, 6.07) is 0. The van der Waals surface area contributed by atoms with E-state index in [2.05, 4.69) is 19.0 Å². The lowest BCUT2D eigenvalue weighted by Gasteiger charge is -2.19. The highest BCUT2D eigenvalue weighted by Gasteiger charge is 2.11. The molecule has 0 aromatic rings. The SMILES string of the molecule is CC(C)C(=O)N(C)CCCCCN(C)C. The highest BCUT2D eigenvalue weighted by atomic mass is 16.2. The highest BCUT2D eigenvalue weighted by molar-refractivity contribution is 5.77. The van der Waals surface area contributed by atoms with Gasteiger partial charge < -0.3 is 9.80 Å². The molecule has 0 unspecified atom stereocenters. The van der Waals surface area contributed by atoms with Crippen molar-refractivity contribution >= 4 is 5.91 Å². The Morgan fingerprint density at radius 1 is 1.00 bits per heavy atom. The fourth-order valence-corrected chi connectivity index (χ4v) is 1.50. The fourth-order valence-electron chi connectivity index (χ4n) is 1.50. The normalized spacial score (nSPS) is 11.1. The van der Waals surface area contributed by atoms with E-state index in [1.807, 2.05) is 25.8 Å². The van der Waals surface area contributed by atoms with Crippen molar-refractivity contribution < 1.29 is 4.79 Å². The van der Waals surface area contributed by atoms with Gasteiger partial charge in [0.1, 0.15) is 0 Å². The summed E-state index contributed by atoms with van der Waals surface area (Å²) in [5.74, 6) is 0.374. The van der Waals surface area contributed by atoms with Gasteiger partial charge in [0.15, 0.2) is 0 Å². The summed E-state index contributed by atoms with van der Waals surface area (Å²) in [5, 5.41) is 0. The molecule has 3 nitrogen and oxygen atoms in total. The molecule has 0 aliphatic carbocycles. The van der Waals surface area contributed by atoms with Crippen LogP contribution in [0.4, 0.5) is 0 Å². The van der Waals surface area contributed by atoms with Crippen molar-refractivity contribution in [2.75, 3.05) is 34.2 Å². The molecule has 90 valence electrons. The predicted molar refractivity (Wildman–Crippen MR) is 64.9 cm³/mol. The van der Waals surface area contributed by atoms with E-state index in [9.17, 15) is 4.79 Å². The maximum Gasteiger partial charge on any atom is 0.224 e. The third-order valence-corrected chi connectivity index (χ3v) is 2.47. The third kappa shape index (κ3) is 7.37. The monoisotopic (exact) mass is 214 g/mol. The van der Waals surface area contributed by atoms with Crippen LogP contribution < -0.4 is 0 Å². The first-order valence-electron chi connectivity index (χ1n) is 5.85. The van der Waals surface area contributed by atoms with Gasteiger partial charge in [-0.05, 0) is 33.5 Å². The van der Waals surface area contributed by atoms with E-state index in [1.54, 1.807) is 0 Å². The van der Waals surface area contributed by atoms with Crippen LogP contribution >= 0.6 is 0 Å². The number of amides is 1. The summed E-state index contributed by atoms with van der Waals surface area (Å²) in [6.07, 6.45) is 3.54. The molecule has 1 amide bonds. The predicted octanol–water partition coefficient (Wildman–Crippen LogP) is 1.83. The minimum absolute atomic E-state index is 0.122. The zero-order valence-corrected chi connectivity index (χ0v) is 10.9. The number of hydrogen-bond donors (Lipinski definition) is 0. The molecule has 15 heavy (non-hydrogen) atoms. The Morgan fingerprint density at radius 2 is 1.53 bits per heavy atom. The van der Waals surface area contributed by atoms with E-state index in [4.69, 9.17) is 0 Å². The van der Waals surface area contributed by atoms with Crippen LogP contribution in [0.1, 0.15) is 33.1 Å². The number of hydrogen-bond acceptors (Lipinski definition) is 2. The Morgan fingerprint density at radius 3 is 2.00 bits per heavy atom. The first-order chi connectivity index (χ1) is 6.95. The van der Waals surface area contributed by atoms with E-state index in [-0.39, 0.29) is 11.8 Å². The van der Waals surface area contributed by atoms with E-state index in [0.717, 1.165) is 19.5 Å². The molecule has 3 heteroatoms. The first kappa shape index (κ1) is 14.4. The average molecular weight is 214 g/mol. The van der Waals surface area contributed by atoms with Crippen molar-refractivity contribution in [3.63, 3.8) is 0 Å². The lowest BCUT2D eigenvalue weighted by atomic mass is 10.1. The van der Waals surface area contributed by atoms with Gasteiger partial charge in [-0.2, -0.15) is 0 Å². The molecule has 0 spiro atoms. The third-order valence-electron chi connectivity index (χ3n) is 2.47. The van der Waals surface area contributed by atoms with Crippen LogP contribution in [0.3, 0.4) is 0 Å². The van der Waals surface area contributed by atoms with Gasteiger partial charge in [-0.25, -0.2) is 0 Å². The van der Waals surface area contributed by atoms with Gasteiger partial charge in [0.2, 0.25) is 5.91 Å². The van der Waals surface area contributed by atoms with Crippen molar-refractivity contribution in [1.82, 2.24) is 9.80 Å². The Kier molecular flexibility index (Phi) is 7.39. The van der Waals surface area contributed by atoms with Crippen molar-refractivity contribution in [3.05, 3.63) is 0 Å². The first-order valence-corrected chi connectivity index (χ1v) is 5.85. The summed E-state index contributed by atoms with van der Waals surface area (Å²) in [5.41, 5.74) is 0. The maximum atomic E-state index is 11.5. The average Bonchev–Trinajstić information content (AvgIpc) is 2.15. The number of unbranched alkanes of at least 4 members (excludes halogenated alkanes) is 2. The van der Waals surface area contributed by atoms with Crippen LogP contribution in [0.15, 0.2) is 0 Å². The van der Waals surface area contributed by atoms with Gasteiger partial charge in [-0.3, -0.25) is 4.79 Å². The number of carbonyl (C=O) groups excluding carboxylic acids is 1. The topological polar surface area (TPSA) is 23.6 Å². The molecular weight excluding hydrogens is 188 g/mol. The lowest BCUT2D eigenvalue weighted by molar-refractivity contribution is -0.133. The summed E-state index contributed by atoms with van der Waals surface area (Å²) in [4.78, 5) is 15.6. The molecule has 0 saturated carbocycles. The zero-order valence-electron chi connectivity index (χ0n) is 10.9. The standard InChI is InChI=1S/C12H26N2O/c1-11(2)12(15)14(5)10-8-6-7-9-13(3)4/h11H,6-10H2,1-5H3. The van der Waals surface area contributed by atoms with Crippen molar-refractivity contribution in [3.8, 4) is 0 Å². The summed E-state index contributed by atoms with van der Waals surface area (Å²) in [6.45, 7) is 5.93. The smallest absolute Gasteiger partial charge is 0.224 e. The van der Waals surface area contributed by atoms with Crippen LogP contribution in [-0.2, 0) is 4.79 Å². The minimum atomic E-state index is 0.122. The van der Waals surface area contributed by atoms with E-state index >= 15 is 0 Å². The largest absolute Gasteiger partial charge is 0.346 e. The van der Waals surface area contributed by atoms with Gasteiger partial charge in [0.05, 0.1) is 0 Å². The Hall–Kier alpha value is -0.570. The van der Waals surface area contributed by atoms with Gasteiger partial charge in [0, 0.05) is 19.5 Å². The molecular formula is C12H26N2O. The Labute approximate surface area is 94.4 Å². The fraction of sp³-hybridized carbons (Fsp3) is 0.917. The molecule has 0 radical (unpaired) electrons. The molecule has 0 bridgehead atoms. The van der Waals surface area contributed by atoms with Crippen molar-refractivity contribution in [2.24, 2.45) is 5.92 Å². The summed E-state index contributed by atoms with van der Waals surface area (Å²) < 4.78 is 0. The van der Waals surface area contributed by atoms with Crippen LogP contribution in [0.25, 0.3) is 0 Å². The minimum Gasteiger partial charge on any atom is -0.346 e. The molecule has 0 aromatic carbocycles. The molecule has 0 aliphatic heterocycles. The molecule has 0 aromatic heterocycles. The second-order valence-corrected chi connectivity index (χ2v) is 4.78. The molecule has 0 atom stereocenters. The van der Waals surface area contributed by atoms with Crippen molar-refractivity contribution in [2.45, 2.75) is 33.1 Å². The summed E-state index contributed by atoms with van der Waals surface area (Å²) in [7, 11) is 6.08. The molecule has 0 N–H and O–H groups in total. The second kappa shape index (κ2) is 7.69. The number of carbonyl (C=O) groups is 1. The van der Waals surface area contributed by atoms with E-state index in [1.165, 1.54) is 12.8 Å². The lowest BCUT2D eigenvalue weighted by Crippen LogP contribution is -2.31. The van der Waals surface area contributed by atoms with Crippen LogP contribution in [0.5, 0.6) is 0 Å². The van der Waals surface area contributed by atoms with Crippen molar-refractivity contribution in [1.29, 1.82) is 0 Å². The quantitative estimate of drug-likeness (QED) is 0.604. The highest BCUT2D eigenvalue weighted by Crippen LogP contribution is 2.02. The second-order valence-electron chi connectivity index (χ2n) is 4.78. The van der Waals surface area contributed by atoms with E-state index < -0.39 is 0 Å². The van der Waals surface area contributed by atoms with E-state index in [0.29, 0.717) is 0 Å². The van der Waals surface area contributed by atoms with Gasteiger partial charge in [-0.1, -0.05) is 20.3 Å². The molecule has 0 aliphatic rings. The maximum absolute atomic E-state index is 11.5. The van der Waals surface area contributed by atoms with Gasteiger partial charge in [-0.15, -0.1) is 0 Å². The molecule has 0 fully saturated rings. The number of nitrogens with zero attached hydrogens (tertiary/aromatic N) is 2. The van der Waals surface area contributed by atoms with Crippen LogP contribution in [0.2, 0.25) is 0 Å². The summed E-state index contributed by atoms with van der Waals surface area (Å²) >= 11 is 0. The molecule has 0 saturated heterocycles. The van der Waals surface area contributed by atoms with Crippen LogP contribution in [0, 0.1) is 5.92 Å². The number of rotatable bonds is 7. The van der Waals surface area contributed by atoms with Gasteiger partial charge >= 0.3 is 0 Å².